The Kier molecular flexibility index (Phi) is 2.90. The minimum Gasteiger partial charge on any atom is -0.381 e. The van der Waals surface area contributed by atoms with Crippen LogP contribution in [0.5, 0.6) is 0 Å². The van der Waals surface area contributed by atoms with Crippen LogP contribution in [0.15, 0.2) is 0 Å². The van der Waals surface area contributed by atoms with Gasteiger partial charge in [0.1, 0.15) is 0 Å². The molecule has 1 aliphatic rings. The molecule has 0 unspecified atom stereocenters. The van der Waals surface area contributed by atoms with Crippen molar-refractivity contribution in [3.8, 4) is 0 Å². The van der Waals surface area contributed by atoms with Crippen molar-refractivity contribution in [3.63, 3.8) is 0 Å². The van der Waals surface area contributed by atoms with Gasteiger partial charge in [-0.05, 0) is 39.0 Å². The van der Waals surface area contributed by atoms with Gasteiger partial charge in [0.25, 0.3) is 0 Å². The standard InChI is InChI=1S/C9H19NO/c1-9(2,10)7-8-3-5-11-6-4-8/h8H,3-7,10H2,1-2H3. The van der Waals surface area contributed by atoms with Crippen LogP contribution < -0.4 is 5.73 Å². The summed E-state index contributed by atoms with van der Waals surface area (Å²) in [5, 5.41) is 0. The lowest BCUT2D eigenvalue weighted by molar-refractivity contribution is 0.0583. The van der Waals surface area contributed by atoms with Crippen LogP contribution in [0.4, 0.5) is 0 Å². The highest BCUT2D eigenvalue weighted by molar-refractivity contribution is 4.77. The normalized spacial score (nSPS) is 22.1. The van der Waals surface area contributed by atoms with Crippen LogP contribution in [0.25, 0.3) is 0 Å². The number of ether oxygens (including phenoxy) is 1. The van der Waals surface area contributed by atoms with Crippen molar-refractivity contribution in [1.82, 2.24) is 0 Å². The fourth-order valence-corrected chi connectivity index (χ4v) is 1.69. The minimum atomic E-state index is 0.00199. The number of nitrogens with two attached hydrogens (primary N) is 1. The molecule has 0 aromatic rings. The molecule has 2 heteroatoms. The number of hydrogen-bond acceptors (Lipinski definition) is 2. The minimum absolute atomic E-state index is 0.00199. The van der Waals surface area contributed by atoms with Crippen molar-refractivity contribution in [3.05, 3.63) is 0 Å². The van der Waals surface area contributed by atoms with Crippen molar-refractivity contribution in [2.24, 2.45) is 11.7 Å². The molecule has 1 saturated heterocycles. The van der Waals surface area contributed by atoms with Crippen molar-refractivity contribution in [2.45, 2.75) is 38.6 Å². The van der Waals surface area contributed by atoms with E-state index in [-0.39, 0.29) is 5.54 Å². The maximum atomic E-state index is 5.93. The molecule has 2 N–H and O–H groups in total. The highest BCUT2D eigenvalue weighted by Gasteiger charge is 2.20. The van der Waals surface area contributed by atoms with E-state index in [2.05, 4.69) is 13.8 Å². The Balaban J connectivity index is 2.24. The van der Waals surface area contributed by atoms with Gasteiger partial charge in [-0.2, -0.15) is 0 Å². The second-order valence-corrected chi connectivity index (χ2v) is 4.25. The highest BCUT2D eigenvalue weighted by atomic mass is 16.5. The lowest BCUT2D eigenvalue weighted by atomic mass is 9.87. The average molecular weight is 157 g/mol. The molecule has 1 heterocycles. The fourth-order valence-electron chi connectivity index (χ4n) is 1.69. The molecule has 0 aromatic heterocycles. The largest absolute Gasteiger partial charge is 0.381 e. The summed E-state index contributed by atoms with van der Waals surface area (Å²) < 4.78 is 5.27. The summed E-state index contributed by atoms with van der Waals surface area (Å²) in [5.41, 5.74) is 5.93. The molecule has 1 fully saturated rings. The molecule has 66 valence electrons. The second kappa shape index (κ2) is 3.55. The first kappa shape index (κ1) is 9.01. The first-order valence-electron chi connectivity index (χ1n) is 4.44. The van der Waals surface area contributed by atoms with E-state index in [0.717, 1.165) is 25.6 Å². The third-order valence-electron chi connectivity index (χ3n) is 2.16. The summed E-state index contributed by atoms with van der Waals surface area (Å²) in [7, 11) is 0. The van der Waals surface area contributed by atoms with Gasteiger partial charge in [-0.25, -0.2) is 0 Å². The Hall–Kier alpha value is -0.0800. The van der Waals surface area contributed by atoms with Gasteiger partial charge in [-0.3, -0.25) is 0 Å². The summed E-state index contributed by atoms with van der Waals surface area (Å²) in [4.78, 5) is 0. The molecule has 1 aliphatic heterocycles. The summed E-state index contributed by atoms with van der Waals surface area (Å²) in [6.45, 7) is 6.06. The molecule has 0 amide bonds. The summed E-state index contributed by atoms with van der Waals surface area (Å²) in [6, 6.07) is 0. The van der Waals surface area contributed by atoms with E-state index in [0.29, 0.717) is 0 Å². The fraction of sp³-hybridized carbons (Fsp3) is 1.00. The second-order valence-electron chi connectivity index (χ2n) is 4.25. The lowest BCUT2D eigenvalue weighted by Crippen LogP contribution is -2.35. The Morgan fingerprint density at radius 1 is 1.36 bits per heavy atom. The molecule has 2 nitrogen and oxygen atoms in total. The van der Waals surface area contributed by atoms with Crippen LogP contribution in [0.2, 0.25) is 0 Å². The molecule has 11 heavy (non-hydrogen) atoms. The molecule has 1 rings (SSSR count). The van der Waals surface area contributed by atoms with Crippen molar-refractivity contribution in [2.75, 3.05) is 13.2 Å². The maximum Gasteiger partial charge on any atom is 0.0468 e. The topological polar surface area (TPSA) is 35.2 Å². The Labute approximate surface area is 69.1 Å². The van der Waals surface area contributed by atoms with Crippen LogP contribution in [-0.4, -0.2) is 18.8 Å². The zero-order chi connectivity index (χ0) is 8.32. The molecule has 0 bridgehead atoms. The van der Waals surface area contributed by atoms with Gasteiger partial charge >= 0.3 is 0 Å². The number of rotatable bonds is 2. The Morgan fingerprint density at radius 2 is 1.91 bits per heavy atom. The molecular formula is C9H19NO. The van der Waals surface area contributed by atoms with E-state index in [1.54, 1.807) is 0 Å². The van der Waals surface area contributed by atoms with Crippen LogP contribution in [0.3, 0.4) is 0 Å². The average Bonchev–Trinajstić information content (AvgIpc) is 1.85. The molecule has 0 spiro atoms. The van der Waals surface area contributed by atoms with Crippen molar-refractivity contribution < 1.29 is 4.74 Å². The van der Waals surface area contributed by atoms with Crippen LogP contribution in [-0.2, 0) is 4.74 Å². The van der Waals surface area contributed by atoms with Crippen LogP contribution in [0, 0.1) is 5.92 Å². The molecule has 0 aliphatic carbocycles. The monoisotopic (exact) mass is 157 g/mol. The van der Waals surface area contributed by atoms with Crippen molar-refractivity contribution in [1.29, 1.82) is 0 Å². The van der Waals surface area contributed by atoms with Gasteiger partial charge in [0.15, 0.2) is 0 Å². The summed E-state index contributed by atoms with van der Waals surface area (Å²) >= 11 is 0. The van der Waals surface area contributed by atoms with Crippen molar-refractivity contribution >= 4 is 0 Å². The third-order valence-corrected chi connectivity index (χ3v) is 2.16. The lowest BCUT2D eigenvalue weighted by Gasteiger charge is -2.28. The SMILES string of the molecule is CC(C)(N)CC1CCOCC1. The van der Waals surface area contributed by atoms with E-state index in [1.165, 1.54) is 12.8 Å². The zero-order valence-corrected chi connectivity index (χ0v) is 7.60. The Bertz CT molecular complexity index is 111. The van der Waals surface area contributed by atoms with Gasteiger partial charge in [-0.1, -0.05) is 0 Å². The highest BCUT2D eigenvalue weighted by Crippen LogP contribution is 2.23. The molecule has 0 atom stereocenters. The smallest absolute Gasteiger partial charge is 0.0468 e. The van der Waals surface area contributed by atoms with E-state index in [4.69, 9.17) is 10.5 Å². The molecular weight excluding hydrogens is 138 g/mol. The predicted molar refractivity (Wildman–Crippen MR) is 46.4 cm³/mol. The van der Waals surface area contributed by atoms with E-state index in [9.17, 15) is 0 Å². The zero-order valence-electron chi connectivity index (χ0n) is 7.60. The van der Waals surface area contributed by atoms with Gasteiger partial charge in [0.05, 0.1) is 0 Å². The van der Waals surface area contributed by atoms with Gasteiger partial charge < -0.3 is 10.5 Å². The van der Waals surface area contributed by atoms with E-state index >= 15 is 0 Å². The molecule has 0 saturated carbocycles. The summed E-state index contributed by atoms with van der Waals surface area (Å²) in [5.74, 6) is 0.795. The van der Waals surface area contributed by atoms with Crippen LogP contribution in [0.1, 0.15) is 33.1 Å². The summed E-state index contributed by atoms with van der Waals surface area (Å²) in [6.07, 6.45) is 3.53. The quantitative estimate of drug-likeness (QED) is 0.660. The first-order chi connectivity index (χ1) is 5.08. The molecule has 0 radical (unpaired) electrons. The predicted octanol–water partition coefficient (Wildman–Crippen LogP) is 1.54. The molecule has 0 aromatic carbocycles. The Morgan fingerprint density at radius 3 is 2.36 bits per heavy atom. The third kappa shape index (κ3) is 3.73. The first-order valence-corrected chi connectivity index (χ1v) is 4.44. The van der Waals surface area contributed by atoms with Gasteiger partial charge in [-0.15, -0.1) is 0 Å². The van der Waals surface area contributed by atoms with E-state index in [1.807, 2.05) is 0 Å². The van der Waals surface area contributed by atoms with Crippen LogP contribution >= 0.6 is 0 Å². The van der Waals surface area contributed by atoms with E-state index < -0.39 is 0 Å². The number of hydrogen-bond donors (Lipinski definition) is 1. The van der Waals surface area contributed by atoms with Gasteiger partial charge in [0.2, 0.25) is 0 Å². The maximum absolute atomic E-state index is 5.93. The van der Waals surface area contributed by atoms with Gasteiger partial charge in [0, 0.05) is 18.8 Å².